The topological polar surface area (TPSA) is 65.4 Å². The van der Waals surface area contributed by atoms with E-state index in [4.69, 9.17) is 9.47 Å². The lowest BCUT2D eigenvalue weighted by Crippen LogP contribution is -2.36. The molecule has 6 nitrogen and oxygen atoms in total. The molecule has 1 N–H and O–H groups in total. The molecule has 2 rings (SSSR count). The Labute approximate surface area is 138 Å². The summed E-state index contributed by atoms with van der Waals surface area (Å²) in [5, 5.41) is 7.52. The van der Waals surface area contributed by atoms with Crippen LogP contribution in [-0.4, -0.2) is 41.6 Å². The van der Waals surface area contributed by atoms with Gasteiger partial charge in [-0.15, -0.1) is 0 Å². The largest absolute Gasteiger partial charge is 0.376 e. The number of hydrogen-bond acceptors (Lipinski definition) is 4. The van der Waals surface area contributed by atoms with Crippen molar-refractivity contribution in [3.63, 3.8) is 0 Å². The van der Waals surface area contributed by atoms with E-state index in [2.05, 4.69) is 10.4 Å². The van der Waals surface area contributed by atoms with E-state index in [1.807, 2.05) is 32.4 Å². The lowest BCUT2D eigenvalue weighted by molar-refractivity contribution is -0.125. The van der Waals surface area contributed by atoms with Gasteiger partial charge in [0, 0.05) is 31.4 Å². The highest BCUT2D eigenvalue weighted by Crippen LogP contribution is 2.18. The Morgan fingerprint density at radius 1 is 1.52 bits per heavy atom. The molecule has 1 aromatic heterocycles. The van der Waals surface area contributed by atoms with E-state index < -0.39 is 0 Å². The van der Waals surface area contributed by atoms with Crippen LogP contribution in [0, 0.1) is 19.8 Å². The van der Waals surface area contributed by atoms with E-state index in [0.717, 1.165) is 36.4 Å². The van der Waals surface area contributed by atoms with Crippen molar-refractivity contribution in [1.29, 1.82) is 0 Å². The molecule has 1 aliphatic rings. The van der Waals surface area contributed by atoms with Crippen molar-refractivity contribution in [2.75, 3.05) is 19.8 Å². The maximum absolute atomic E-state index is 12.3. The summed E-state index contributed by atoms with van der Waals surface area (Å²) in [7, 11) is 0. The highest BCUT2D eigenvalue weighted by atomic mass is 16.5. The van der Waals surface area contributed by atoms with Crippen molar-refractivity contribution in [3.8, 4) is 0 Å². The smallest absolute Gasteiger partial charge is 0.223 e. The summed E-state index contributed by atoms with van der Waals surface area (Å²) in [6, 6.07) is 0. The van der Waals surface area contributed by atoms with Gasteiger partial charge in [-0.05, 0) is 45.6 Å². The Balaban J connectivity index is 1.89. The van der Waals surface area contributed by atoms with Crippen LogP contribution < -0.4 is 5.32 Å². The minimum atomic E-state index is -0.0847. The molecule has 1 fully saturated rings. The maximum atomic E-state index is 12.3. The van der Waals surface area contributed by atoms with Crippen LogP contribution in [0.25, 0.3) is 0 Å². The zero-order chi connectivity index (χ0) is 16.8. The van der Waals surface area contributed by atoms with Crippen LogP contribution in [0.5, 0.6) is 0 Å². The fourth-order valence-electron chi connectivity index (χ4n) is 2.93. The minimum absolute atomic E-state index is 0.0804. The lowest BCUT2D eigenvalue weighted by Gasteiger charge is -2.15. The highest BCUT2D eigenvalue weighted by molar-refractivity contribution is 5.78. The number of aryl methyl sites for hydroxylation is 1. The van der Waals surface area contributed by atoms with E-state index in [1.165, 1.54) is 0 Å². The van der Waals surface area contributed by atoms with Crippen molar-refractivity contribution < 1.29 is 14.3 Å². The molecule has 1 amide bonds. The average molecular weight is 323 g/mol. The molecular formula is C17H29N3O3. The van der Waals surface area contributed by atoms with Crippen LogP contribution in [0.4, 0.5) is 0 Å². The molecule has 1 aliphatic heterocycles. The van der Waals surface area contributed by atoms with Gasteiger partial charge in [0.2, 0.25) is 5.91 Å². The fraction of sp³-hybridized carbons (Fsp3) is 0.765. The van der Waals surface area contributed by atoms with Gasteiger partial charge in [-0.3, -0.25) is 4.79 Å². The third-order valence-corrected chi connectivity index (χ3v) is 4.43. The number of amides is 1. The van der Waals surface area contributed by atoms with E-state index >= 15 is 0 Å². The second-order valence-electron chi connectivity index (χ2n) is 6.26. The third-order valence-electron chi connectivity index (χ3n) is 4.43. The van der Waals surface area contributed by atoms with Crippen LogP contribution >= 0.6 is 0 Å². The molecule has 2 atom stereocenters. The van der Waals surface area contributed by atoms with Crippen LogP contribution in [0.3, 0.4) is 0 Å². The zero-order valence-corrected chi connectivity index (χ0v) is 14.7. The van der Waals surface area contributed by atoms with Crippen molar-refractivity contribution in [2.45, 2.75) is 59.8 Å². The van der Waals surface area contributed by atoms with Gasteiger partial charge in [-0.1, -0.05) is 6.92 Å². The van der Waals surface area contributed by atoms with E-state index in [1.54, 1.807) is 0 Å². The molecule has 6 heteroatoms. The molecule has 0 unspecified atom stereocenters. The summed E-state index contributed by atoms with van der Waals surface area (Å²) in [5.41, 5.74) is 3.19. The average Bonchev–Trinajstić information content (AvgIpc) is 3.14. The van der Waals surface area contributed by atoms with Crippen molar-refractivity contribution in [2.24, 2.45) is 5.92 Å². The van der Waals surface area contributed by atoms with Gasteiger partial charge in [0.25, 0.3) is 0 Å². The first-order valence-electron chi connectivity index (χ1n) is 8.52. The summed E-state index contributed by atoms with van der Waals surface area (Å²) < 4.78 is 12.8. The number of hydrogen-bond donors (Lipinski definition) is 1. The molecule has 0 aromatic carbocycles. The van der Waals surface area contributed by atoms with Gasteiger partial charge < -0.3 is 14.8 Å². The number of aromatic nitrogens is 2. The van der Waals surface area contributed by atoms with Gasteiger partial charge in [-0.2, -0.15) is 5.10 Å². The number of carbonyl (C=O) groups excluding carboxylic acids is 1. The second kappa shape index (κ2) is 8.45. The van der Waals surface area contributed by atoms with Crippen LogP contribution in [-0.2, 0) is 27.4 Å². The minimum Gasteiger partial charge on any atom is -0.376 e. The molecular weight excluding hydrogens is 294 g/mol. The summed E-state index contributed by atoms with van der Waals surface area (Å²) in [6.07, 6.45) is 3.01. The van der Waals surface area contributed by atoms with Crippen molar-refractivity contribution in [3.05, 3.63) is 17.0 Å². The monoisotopic (exact) mass is 323 g/mol. The summed E-state index contributed by atoms with van der Waals surface area (Å²) in [5.74, 6) is -0.00425. The Hall–Kier alpha value is -1.40. The molecule has 0 radical (unpaired) electrons. The number of ether oxygens (including phenoxy) is 2. The van der Waals surface area contributed by atoms with E-state index in [-0.39, 0.29) is 17.9 Å². The SMILES string of the molecule is CCOCn1nc(C)c(C[C@@H](C)C(=O)NC[C@@H]2CCCO2)c1C. The molecule has 2 heterocycles. The first-order chi connectivity index (χ1) is 11.0. The van der Waals surface area contributed by atoms with Crippen molar-refractivity contribution >= 4 is 5.91 Å². The van der Waals surface area contributed by atoms with Gasteiger partial charge in [0.15, 0.2) is 0 Å². The molecule has 0 saturated carbocycles. The normalized spacial score (nSPS) is 19.0. The van der Waals surface area contributed by atoms with Gasteiger partial charge in [-0.25, -0.2) is 4.68 Å². The molecule has 0 aliphatic carbocycles. The molecule has 1 aromatic rings. The Morgan fingerprint density at radius 3 is 2.96 bits per heavy atom. The number of rotatable bonds is 8. The predicted molar refractivity (Wildman–Crippen MR) is 88.2 cm³/mol. The number of carbonyl (C=O) groups is 1. The quantitative estimate of drug-likeness (QED) is 0.794. The van der Waals surface area contributed by atoms with Crippen LogP contribution in [0.1, 0.15) is 43.6 Å². The Bertz CT molecular complexity index is 521. The van der Waals surface area contributed by atoms with E-state index in [0.29, 0.717) is 26.3 Å². The molecule has 23 heavy (non-hydrogen) atoms. The second-order valence-corrected chi connectivity index (χ2v) is 6.26. The fourth-order valence-corrected chi connectivity index (χ4v) is 2.93. The van der Waals surface area contributed by atoms with Gasteiger partial charge in [0.05, 0.1) is 11.8 Å². The van der Waals surface area contributed by atoms with Crippen LogP contribution in [0.15, 0.2) is 0 Å². The molecule has 1 saturated heterocycles. The highest BCUT2D eigenvalue weighted by Gasteiger charge is 2.21. The molecule has 0 bridgehead atoms. The van der Waals surface area contributed by atoms with E-state index in [9.17, 15) is 4.79 Å². The van der Waals surface area contributed by atoms with Crippen LogP contribution in [0.2, 0.25) is 0 Å². The first-order valence-corrected chi connectivity index (χ1v) is 8.52. The van der Waals surface area contributed by atoms with Gasteiger partial charge in [0.1, 0.15) is 6.73 Å². The third kappa shape index (κ3) is 4.78. The summed E-state index contributed by atoms with van der Waals surface area (Å²) in [6.45, 7) is 10.5. The predicted octanol–water partition coefficient (Wildman–Crippen LogP) is 1.97. The first kappa shape index (κ1) is 17.9. The van der Waals surface area contributed by atoms with Crippen molar-refractivity contribution in [1.82, 2.24) is 15.1 Å². The summed E-state index contributed by atoms with van der Waals surface area (Å²) in [4.78, 5) is 12.3. The number of nitrogens with zero attached hydrogens (tertiary/aromatic N) is 2. The molecule has 130 valence electrons. The summed E-state index contributed by atoms with van der Waals surface area (Å²) >= 11 is 0. The Morgan fingerprint density at radius 2 is 2.30 bits per heavy atom. The lowest BCUT2D eigenvalue weighted by atomic mass is 9.99. The number of nitrogens with one attached hydrogen (secondary N) is 1. The van der Waals surface area contributed by atoms with Gasteiger partial charge >= 0.3 is 0 Å². The zero-order valence-electron chi connectivity index (χ0n) is 14.7. The Kier molecular flexibility index (Phi) is 6.59. The molecule has 0 spiro atoms. The maximum Gasteiger partial charge on any atom is 0.223 e. The standard InChI is InChI=1S/C17H29N3O3/c1-5-22-11-20-14(4)16(13(3)19-20)9-12(2)17(21)18-10-15-7-6-8-23-15/h12,15H,5-11H2,1-4H3,(H,18,21)/t12-,15+/m1/s1.